The predicted octanol–water partition coefficient (Wildman–Crippen LogP) is 5.48. The van der Waals surface area contributed by atoms with Crippen molar-refractivity contribution in [3.63, 3.8) is 0 Å². The molecule has 0 aliphatic heterocycles. The molecule has 0 aliphatic carbocycles. The van der Waals surface area contributed by atoms with Gasteiger partial charge in [-0.3, -0.25) is 0 Å². The second kappa shape index (κ2) is 5.71. The summed E-state index contributed by atoms with van der Waals surface area (Å²) in [6.07, 6.45) is 0. The molecule has 5 aromatic rings. The van der Waals surface area contributed by atoms with E-state index in [9.17, 15) is 0 Å². The largest absolute Gasteiger partial charge is 0.213 e. The van der Waals surface area contributed by atoms with E-state index in [1.807, 2.05) is 0 Å². The molecule has 1 heteroatoms. The molecule has 0 amide bonds. The molecule has 0 radical (unpaired) electrons. The SMILES string of the molecule is c1ccc(C[n+]2c3ccccc3cc3c4ccccc4ccc32)cc1. The van der Waals surface area contributed by atoms with Gasteiger partial charge in [-0.15, -0.1) is 0 Å². The number of fused-ring (bicyclic) bond motifs is 4. The van der Waals surface area contributed by atoms with E-state index in [0.717, 1.165) is 6.54 Å². The summed E-state index contributed by atoms with van der Waals surface area (Å²) in [5, 5.41) is 5.19. The van der Waals surface area contributed by atoms with E-state index < -0.39 is 0 Å². The fraction of sp³-hybridized carbons (Fsp3) is 0.0417. The highest BCUT2D eigenvalue weighted by Crippen LogP contribution is 2.26. The molecule has 118 valence electrons. The van der Waals surface area contributed by atoms with Gasteiger partial charge in [-0.2, -0.15) is 4.57 Å². The first kappa shape index (κ1) is 14.2. The minimum Gasteiger partial charge on any atom is -0.187 e. The van der Waals surface area contributed by atoms with Crippen LogP contribution in [0.1, 0.15) is 5.56 Å². The fourth-order valence-corrected chi connectivity index (χ4v) is 3.75. The first-order chi connectivity index (χ1) is 12.4. The number of hydrogen-bond donors (Lipinski definition) is 0. The van der Waals surface area contributed by atoms with Crippen molar-refractivity contribution in [2.24, 2.45) is 0 Å². The van der Waals surface area contributed by atoms with E-state index in [-0.39, 0.29) is 0 Å². The van der Waals surface area contributed by atoms with Crippen molar-refractivity contribution >= 4 is 32.6 Å². The van der Waals surface area contributed by atoms with Crippen molar-refractivity contribution < 1.29 is 4.57 Å². The van der Waals surface area contributed by atoms with Crippen LogP contribution in [0.5, 0.6) is 0 Å². The average Bonchev–Trinajstić information content (AvgIpc) is 2.68. The Morgan fingerprint density at radius 1 is 0.520 bits per heavy atom. The van der Waals surface area contributed by atoms with Crippen LogP contribution in [0, 0.1) is 0 Å². The maximum absolute atomic E-state index is 2.44. The molecule has 0 atom stereocenters. The fourth-order valence-electron chi connectivity index (χ4n) is 3.75. The van der Waals surface area contributed by atoms with Crippen molar-refractivity contribution in [3.05, 3.63) is 103 Å². The molecule has 0 N–H and O–H groups in total. The zero-order valence-corrected chi connectivity index (χ0v) is 13.9. The van der Waals surface area contributed by atoms with Gasteiger partial charge in [0.25, 0.3) is 0 Å². The third kappa shape index (κ3) is 2.36. The predicted molar refractivity (Wildman–Crippen MR) is 105 cm³/mol. The highest BCUT2D eigenvalue weighted by Gasteiger charge is 2.17. The lowest BCUT2D eigenvalue weighted by Crippen LogP contribution is -2.36. The Kier molecular flexibility index (Phi) is 3.24. The summed E-state index contributed by atoms with van der Waals surface area (Å²) in [4.78, 5) is 0. The molecule has 0 fully saturated rings. The maximum Gasteiger partial charge on any atom is 0.213 e. The summed E-state index contributed by atoms with van der Waals surface area (Å²) in [5.41, 5.74) is 3.87. The van der Waals surface area contributed by atoms with Gasteiger partial charge in [0, 0.05) is 23.1 Å². The Morgan fingerprint density at radius 3 is 2.12 bits per heavy atom. The van der Waals surface area contributed by atoms with Gasteiger partial charge in [0.1, 0.15) is 0 Å². The van der Waals surface area contributed by atoms with E-state index >= 15 is 0 Å². The molecule has 0 saturated carbocycles. The summed E-state index contributed by atoms with van der Waals surface area (Å²) >= 11 is 0. The lowest BCUT2D eigenvalue weighted by molar-refractivity contribution is -0.635. The van der Waals surface area contributed by atoms with Crippen LogP contribution in [0.3, 0.4) is 0 Å². The highest BCUT2D eigenvalue weighted by molar-refractivity contribution is 6.07. The van der Waals surface area contributed by atoms with Crippen molar-refractivity contribution in [2.75, 3.05) is 0 Å². The summed E-state index contributed by atoms with van der Waals surface area (Å²) in [6, 6.07) is 34.8. The molecular formula is C24H18N+. The first-order valence-corrected chi connectivity index (χ1v) is 8.67. The monoisotopic (exact) mass is 320 g/mol. The zero-order chi connectivity index (χ0) is 16.6. The molecule has 1 aromatic heterocycles. The lowest BCUT2D eigenvalue weighted by atomic mass is 10.0. The highest BCUT2D eigenvalue weighted by atomic mass is 15.0. The van der Waals surface area contributed by atoms with Crippen molar-refractivity contribution in [1.29, 1.82) is 0 Å². The lowest BCUT2D eigenvalue weighted by Gasteiger charge is -2.08. The van der Waals surface area contributed by atoms with Gasteiger partial charge in [0.2, 0.25) is 11.0 Å². The van der Waals surface area contributed by atoms with Crippen LogP contribution < -0.4 is 4.57 Å². The summed E-state index contributed by atoms with van der Waals surface area (Å²) in [6.45, 7) is 0.872. The van der Waals surface area contributed by atoms with E-state index in [2.05, 4.69) is 102 Å². The number of para-hydroxylation sites is 1. The molecule has 0 unspecified atom stereocenters. The van der Waals surface area contributed by atoms with E-state index in [1.54, 1.807) is 0 Å². The Hall–Kier alpha value is -3.19. The summed E-state index contributed by atoms with van der Waals surface area (Å²) in [5.74, 6) is 0. The Bertz CT molecular complexity index is 1210. The van der Waals surface area contributed by atoms with Crippen LogP contribution in [0.4, 0.5) is 0 Å². The molecule has 5 rings (SSSR count). The van der Waals surface area contributed by atoms with Gasteiger partial charge in [-0.1, -0.05) is 66.7 Å². The molecule has 1 heterocycles. The van der Waals surface area contributed by atoms with Crippen molar-refractivity contribution in [3.8, 4) is 0 Å². The smallest absolute Gasteiger partial charge is 0.187 e. The number of hydrogen-bond acceptors (Lipinski definition) is 0. The second-order valence-electron chi connectivity index (χ2n) is 6.49. The minimum atomic E-state index is 0.872. The molecule has 0 saturated heterocycles. The Morgan fingerprint density at radius 2 is 1.24 bits per heavy atom. The van der Waals surface area contributed by atoms with Crippen LogP contribution in [-0.4, -0.2) is 0 Å². The standard InChI is InChI=1S/C24H18N/c1-2-8-18(9-3-1)17-25-23-13-7-5-11-20(23)16-22-21-12-6-4-10-19(21)14-15-24(22)25/h1-16H,17H2/q+1. The minimum absolute atomic E-state index is 0.872. The van der Waals surface area contributed by atoms with Gasteiger partial charge in [0.05, 0.1) is 5.39 Å². The second-order valence-corrected chi connectivity index (χ2v) is 6.49. The van der Waals surface area contributed by atoms with Crippen LogP contribution in [0.15, 0.2) is 97.1 Å². The van der Waals surface area contributed by atoms with Crippen molar-refractivity contribution in [1.82, 2.24) is 0 Å². The van der Waals surface area contributed by atoms with Gasteiger partial charge in [-0.25, -0.2) is 0 Å². The number of rotatable bonds is 2. The topological polar surface area (TPSA) is 3.88 Å². The van der Waals surface area contributed by atoms with Gasteiger partial charge in [-0.05, 0) is 29.0 Å². The number of nitrogens with zero attached hydrogens (tertiary/aromatic N) is 1. The average molecular weight is 320 g/mol. The van der Waals surface area contributed by atoms with Gasteiger partial charge in [0.15, 0.2) is 6.54 Å². The van der Waals surface area contributed by atoms with E-state index in [1.165, 1.54) is 38.1 Å². The van der Waals surface area contributed by atoms with Crippen LogP contribution in [0.25, 0.3) is 32.6 Å². The molecule has 0 bridgehead atoms. The van der Waals surface area contributed by atoms with E-state index in [0.29, 0.717) is 0 Å². The quantitative estimate of drug-likeness (QED) is 0.230. The summed E-state index contributed by atoms with van der Waals surface area (Å²) in [7, 11) is 0. The Labute approximate surface area is 146 Å². The zero-order valence-electron chi connectivity index (χ0n) is 13.9. The van der Waals surface area contributed by atoms with Crippen molar-refractivity contribution in [2.45, 2.75) is 6.54 Å². The third-order valence-electron chi connectivity index (χ3n) is 4.95. The van der Waals surface area contributed by atoms with Gasteiger partial charge < -0.3 is 0 Å². The maximum atomic E-state index is 2.44. The normalized spacial score (nSPS) is 11.4. The van der Waals surface area contributed by atoms with E-state index in [4.69, 9.17) is 0 Å². The Balaban J connectivity index is 1.90. The molecule has 0 aliphatic rings. The number of benzene rings is 4. The first-order valence-electron chi connectivity index (χ1n) is 8.67. The van der Waals surface area contributed by atoms with Crippen LogP contribution >= 0.6 is 0 Å². The summed E-state index contributed by atoms with van der Waals surface area (Å²) < 4.78 is 2.44. The van der Waals surface area contributed by atoms with Crippen LogP contribution in [-0.2, 0) is 6.54 Å². The number of aromatic nitrogens is 1. The molecule has 0 spiro atoms. The molecular weight excluding hydrogens is 302 g/mol. The molecule has 4 aromatic carbocycles. The molecule has 1 nitrogen and oxygen atoms in total. The number of pyridine rings is 1. The van der Waals surface area contributed by atoms with Crippen LogP contribution in [0.2, 0.25) is 0 Å². The van der Waals surface area contributed by atoms with Gasteiger partial charge >= 0.3 is 0 Å². The third-order valence-corrected chi connectivity index (χ3v) is 4.95. The molecule has 25 heavy (non-hydrogen) atoms.